The Bertz CT molecular complexity index is 441. The topological polar surface area (TPSA) is 19.4 Å². The van der Waals surface area contributed by atoms with E-state index in [2.05, 4.69) is 9.88 Å². The molecular formula is C12H15F4N3. The van der Waals surface area contributed by atoms with Gasteiger partial charge in [0.25, 0.3) is 11.9 Å². The molecule has 0 spiro atoms. The number of pyridine rings is 1. The molecule has 3 nitrogen and oxygen atoms in total. The molecule has 1 saturated heterocycles. The zero-order valence-corrected chi connectivity index (χ0v) is 10.6. The molecule has 2 heterocycles. The van der Waals surface area contributed by atoms with Crippen molar-refractivity contribution in [2.24, 2.45) is 0 Å². The molecule has 1 aliphatic rings. The second kappa shape index (κ2) is 5.73. The van der Waals surface area contributed by atoms with Crippen molar-refractivity contribution in [3.8, 4) is 0 Å². The standard InChI is InChI=1S/C12H15F4N3/c1-2-18-4-3-5-19(7-6-18)10-8(13)11(15)17-12(16)9(10)14/h2-7H2,1H3. The summed E-state index contributed by atoms with van der Waals surface area (Å²) in [6, 6.07) is 0. The number of aromatic nitrogens is 1. The van der Waals surface area contributed by atoms with Crippen LogP contribution < -0.4 is 4.90 Å². The number of likely N-dealkylation sites (N-methyl/N-ethyl adjacent to an activating group) is 1. The summed E-state index contributed by atoms with van der Waals surface area (Å²) in [5, 5.41) is 0. The smallest absolute Gasteiger partial charge is 0.253 e. The van der Waals surface area contributed by atoms with E-state index in [0.29, 0.717) is 26.1 Å². The van der Waals surface area contributed by atoms with Crippen LogP contribution in [0.5, 0.6) is 0 Å². The second-order valence-corrected chi connectivity index (χ2v) is 4.44. The Morgan fingerprint density at radius 1 is 0.947 bits per heavy atom. The van der Waals surface area contributed by atoms with Gasteiger partial charge in [-0.05, 0) is 19.5 Å². The highest BCUT2D eigenvalue weighted by Crippen LogP contribution is 2.27. The molecule has 0 saturated carbocycles. The highest BCUT2D eigenvalue weighted by atomic mass is 19.2. The van der Waals surface area contributed by atoms with Crippen molar-refractivity contribution in [1.82, 2.24) is 9.88 Å². The molecule has 0 aromatic carbocycles. The lowest BCUT2D eigenvalue weighted by Gasteiger charge is -2.24. The summed E-state index contributed by atoms with van der Waals surface area (Å²) in [5.74, 6) is -6.07. The van der Waals surface area contributed by atoms with E-state index in [1.54, 1.807) is 0 Å². The summed E-state index contributed by atoms with van der Waals surface area (Å²) in [6.45, 7) is 4.89. The lowest BCUT2D eigenvalue weighted by molar-refractivity contribution is 0.309. The zero-order chi connectivity index (χ0) is 14.0. The molecule has 0 N–H and O–H groups in total. The summed E-state index contributed by atoms with van der Waals surface area (Å²) in [7, 11) is 0. The van der Waals surface area contributed by atoms with Crippen molar-refractivity contribution in [2.45, 2.75) is 13.3 Å². The second-order valence-electron chi connectivity index (χ2n) is 4.44. The number of nitrogens with zero attached hydrogens (tertiary/aromatic N) is 3. The molecule has 7 heteroatoms. The van der Waals surface area contributed by atoms with Gasteiger partial charge < -0.3 is 9.80 Å². The third kappa shape index (κ3) is 2.80. The van der Waals surface area contributed by atoms with Crippen LogP contribution in [0.4, 0.5) is 23.2 Å². The molecule has 0 bridgehead atoms. The number of anilines is 1. The molecule has 1 fully saturated rings. The average Bonchev–Trinajstić information content (AvgIpc) is 2.62. The Morgan fingerprint density at radius 2 is 1.58 bits per heavy atom. The summed E-state index contributed by atoms with van der Waals surface area (Å²) >= 11 is 0. The van der Waals surface area contributed by atoms with Crippen LogP contribution >= 0.6 is 0 Å². The first-order chi connectivity index (χ1) is 9.04. The van der Waals surface area contributed by atoms with E-state index >= 15 is 0 Å². The maximum Gasteiger partial charge on any atom is 0.253 e. The molecular weight excluding hydrogens is 262 g/mol. The molecule has 1 aliphatic heterocycles. The Labute approximate surface area is 108 Å². The van der Waals surface area contributed by atoms with Crippen molar-refractivity contribution in [3.63, 3.8) is 0 Å². The Hall–Kier alpha value is -1.37. The van der Waals surface area contributed by atoms with E-state index in [-0.39, 0.29) is 0 Å². The molecule has 1 aromatic heterocycles. The summed E-state index contributed by atoms with van der Waals surface area (Å²) in [6.07, 6.45) is 0.679. The van der Waals surface area contributed by atoms with Crippen molar-refractivity contribution in [1.29, 1.82) is 0 Å². The molecule has 1 aromatic rings. The minimum absolute atomic E-state index is 0.324. The van der Waals surface area contributed by atoms with Crippen LogP contribution in [0.1, 0.15) is 13.3 Å². The van der Waals surface area contributed by atoms with Crippen LogP contribution in [-0.4, -0.2) is 42.6 Å². The molecule has 0 unspecified atom stereocenters. The van der Waals surface area contributed by atoms with Gasteiger partial charge in [0.15, 0.2) is 0 Å². The molecule has 0 atom stereocenters. The Morgan fingerprint density at radius 3 is 2.16 bits per heavy atom. The Kier molecular flexibility index (Phi) is 4.24. The van der Waals surface area contributed by atoms with Crippen molar-refractivity contribution < 1.29 is 17.6 Å². The van der Waals surface area contributed by atoms with Gasteiger partial charge in [-0.3, -0.25) is 0 Å². The van der Waals surface area contributed by atoms with Crippen molar-refractivity contribution >= 4 is 5.69 Å². The summed E-state index contributed by atoms with van der Waals surface area (Å²) in [5.41, 5.74) is -0.650. The fraction of sp³-hybridized carbons (Fsp3) is 0.583. The predicted molar refractivity (Wildman–Crippen MR) is 63.0 cm³/mol. The number of hydrogen-bond donors (Lipinski definition) is 0. The lowest BCUT2D eigenvalue weighted by atomic mass is 10.3. The average molecular weight is 277 g/mol. The van der Waals surface area contributed by atoms with Gasteiger partial charge in [0, 0.05) is 19.6 Å². The van der Waals surface area contributed by atoms with Crippen LogP contribution in [-0.2, 0) is 0 Å². The van der Waals surface area contributed by atoms with Gasteiger partial charge in [-0.2, -0.15) is 22.5 Å². The Balaban J connectivity index is 2.31. The third-order valence-corrected chi connectivity index (χ3v) is 3.33. The van der Waals surface area contributed by atoms with Gasteiger partial charge in [0.05, 0.1) is 0 Å². The van der Waals surface area contributed by atoms with Crippen LogP contribution in [0.25, 0.3) is 0 Å². The van der Waals surface area contributed by atoms with Gasteiger partial charge in [0.2, 0.25) is 11.6 Å². The first-order valence-electron chi connectivity index (χ1n) is 6.21. The van der Waals surface area contributed by atoms with Gasteiger partial charge in [0.1, 0.15) is 5.69 Å². The van der Waals surface area contributed by atoms with Crippen molar-refractivity contribution in [2.75, 3.05) is 37.6 Å². The molecule has 19 heavy (non-hydrogen) atoms. The third-order valence-electron chi connectivity index (χ3n) is 3.33. The number of hydrogen-bond acceptors (Lipinski definition) is 3. The van der Waals surface area contributed by atoms with Crippen molar-refractivity contribution in [3.05, 3.63) is 23.5 Å². The fourth-order valence-corrected chi connectivity index (χ4v) is 2.26. The maximum absolute atomic E-state index is 13.6. The van der Waals surface area contributed by atoms with Gasteiger partial charge in [-0.1, -0.05) is 6.92 Å². The van der Waals surface area contributed by atoms with E-state index in [9.17, 15) is 17.6 Å². The monoisotopic (exact) mass is 277 g/mol. The fourth-order valence-electron chi connectivity index (χ4n) is 2.26. The van der Waals surface area contributed by atoms with E-state index in [4.69, 9.17) is 0 Å². The summed E-state index contributed by atoms with van der Waals surface area (Å²) in [4.78, 5) is 6.02. The van der Waals surface area contributed by atoms with Gasteiger partial charge >= 0.3 is 0 Å². The van der Waals surface area contributed by atoms with Crippen LogP contribution in [0.3, 0.4) is 0 Å². The van der Waals surface area contributed by atoms with Gasteiger partial charge in [-0.15, -0.1) is 0 Å². The highest BCUT2D eigenvalue weighted by Gasteiger charge is 2.26. The predicted octanol–water partition coefficient (Wildman–Crippen LogP) is 2.17. The zero-order valence-electron chi connectivity index (χ0n) is 10.6. The number of halogens is 4. The first kappa shape index (κ1) is 14.0. The largest absolute Gasteiger partial charge is 0.365 e. The van der Waals surface area contributed by atoms with Crippen LogP contribution in [0.15, 0.2) is 0 Å². The van der Waals surface area contributed by atoms with Crippen LogP contribution in [0, 0.1) is 23.5 Å². The molecule has 2 rings (SSSR count). The molecule has 106 valence electrons. The van der Waals surface area contributed by atoms with E-state index in [1.807, 2.05) is 6.92 Å². The minimum atomic E-state index is -1.61. The minimum Gasteiger partial charge on any atom is -0.365 e. The molecule has 0 aliphatic carbocycles. The highest BCUT2D eigenvalue weighted by molar-refractivity contribution is 5.48. The van der Waals surface area contributed by atoms with E-state index in [0.717, 1.165) is 13.1 Å². The number of rotatable bonds is 2. The molecule has 0 radical (unpaired) electrons. The normalized spacial score (nSPS) is 17.6. The van der Waals surface area contributed by atoms with E-state index in [1.165, 1.54) is 4.90 Å². The molecule has 0 amide bonds. The first-order valence-corrected chi connectivity index (χ1v) is 6.21. The van der Waals surface area contributed by atoms with Crippen LogP contribution in [0.2, 0.25) is 0 Å². The van der Waals surface area contributed by atoms with E-state index < -0.39 is 29.2 Å². The quantitative estimate of drug-likeness (QED) is 0.610. The summed E-state index contributed by atoms with van der Waals surface area (Å²) < 4.78 is 53.5. The SMILES string of the molecule is CCN1CCCN(c2c(F)c(F)nc(F)c2F)CC1. The lowest BCUT2D eigenvalue weighted by Crippen LogP contribution is -2.32. The van der Waals surface area contributed by atoms with Gasteiger partial charge in [-0.25, -0.2) is 0 Å². The maximum atomic E-state index is 13.6.